The minimum atomic E-state index is -0.351. The molecule has 5 heteroatoms. The number of halogens is 3. The number of benzene rings is 1. The molecular weight excluding hydrogens is 280 g/mol. The fourth-order valence-corrected chi connectivity index (χ4v) is 2.12. The second-order valence-electron chi connectivity index (χ2n) is 3.56. The molecule has 1 rings (SSSR count). The summed E-state index contributed by atoms with van der Waals surface area (Å²) in [7, 11) is 0. The molecule has 0 atom stereocenters. The Bertz CT molecular complexity index is 347. The summed E-state index contributed by atoms with van der Waals surface area (Å²) in [5.74, 6) is 1.11. The highest BCUT2D eigenvalue weighted by atomic mass is 35.5. The zero-order valence-electron chi connectivity index (χ0n) is 9.33. The molecule has 0 aromatic heterocycles. The van der Waals surface area contributed by atoms with E-state index in [4.69, 9.17) is 34.8 Å². The smallest absolute Gasteiger partial charge is 0.226 e. The van der Waals surface area contributed by atoms with E-state index in [1.165, 1.54) is 0 Å². The lowest BCUT2D eigenvalue weighted by Gasteiger charge is -2.22. The largest absolute Gasteiger partial charge is 0.369 e. The van der Waals surface area contributed by atoms with Gasteiger partial charge in [0.15, 0.2) is 0 Å². The maximum Gasteiger partial charge on any atom is 0.226 e. The summed E-state index contributed by atoms with van der Waals surface area (Å²) in [4.78, 5) is 12.9. The summed E-state index contributed by atoms with van der Waals surface area (Å²) in [5, 5.41) is -0.351. The Morgan fingerprint density at radius 3 is 2.00 bits per heavy atom. The lowest BCUT2D eigenvalue weighted by molar-refractivity contribution is -0.111. The third-order valence-corrected chi connectivity index (χ3v) is 2.83. The van der Waals surface area contributed by atoms with E-state index in [1.807, 2.05) is 24.3 Å². The Balaban J connectivity index is 2.72. The Kier molecular flexibility index (Phi) is 6.71. The molecule has 0 fully saturated rings. The Morgan fingerprint density at radius 1 is 1.06 bits per heavy atom. The standard InChI is InChI=1S/C12H14Cl3NO/c13-5-7-16(8-6-14)11-3-1-10(2-4-11)9-12(15)17/h1-4H,5-9H2. The predicted molar refractivity (Wildman–Crippen MR) is 74.7 cm³/mol. The van der Waals surface area contributed by atoms with Gasteiger partial charge in [0, 0.05) is 37.0 Å². The van der Waals surface area contributed by atoms with Crippen LogP contribution in [0.4, 0.5) is 5.69 Å². The predicted octanol–water partition coefficient (Wildman–Crippen LogP) is 3.28. The monoisotopic (exact) mass is 293 g/mol. The number of rotatable bonds is 7. The van der Waals surface area contributed by atoms with E-state index in [9.17, 15) is 4.79 Å². The van der Waals surface area contributed by atoms with Gasteiger partial charge in [-0.3, -0.25) is 4.79 Å². The minimum Gasteiger partial charge on any atom is -0.369 e. The SMILES string of the molecule is O=C(Cl)Cc1ccc(N(CCCl)CCCl)cc1. The van der Waals surface area contributed by atoms with Crippen LogP contribution in [-0.2, 0) is 11.2 Å². The zero-order chi connectivity index (χ0) is 12.7. The Morgan fingerprint density at radius 2 is 1.59 bits per heavy atom. The van der Waals surface area contributed by atoms with Gasteiger partial charge in [-0.25, -0.2) is 0 Å². The van der Waals surface area contributed by atoms with E-state index >= 15 is 0 Å². The van der Waals surface area contributed by atoms with Crippen LogP contribution in [-0.4, -0.2) is 30.1 Å². The lowest BCUT2D eigenvalue weighted by Crippen LogP contribution is -2.27. The summed E-state index contributed by atoms with van der Waals surface area (Å²) in [5.41, 5.74) is 1.96. The molecule has 0 aliphatic rings. The summed E-state index contributed by atoms with van der Waals surface area (Å²) in [6.07, 6.45) is 0.257. The molecule has 0 heterocycles. The van der Waals surface area contributed by atoms with Crippen molar-refractivity contribution < 1.29 is 4.79 Å². The van der Waals surface area contributed by atoms with Gasteiger partial charge in [0.2, 0.25) is 5.24 Å². The normalized spacial score (nSPS) is 10.3. The second-order valence-corrected chi connectivity index (χ2v) is 4.74. The van der Waals surface area contributed by atoms with E-state index < -0.39 is 0 Å². The van der Waals surface area contributed by atoms with Gasteiger partial charge in [-0.15, -0.1) is 23.2 Å². The molecule has 0 N–H and O–H groups in total. The molecular formula is C12H14Cl3NO. The van der Waals surface area contributed by atoms with Crippen molar-refractivity contribution in [1.82, 2.24) is 0 Å². The van der Waals surface area contributed by atoms with Crippen LogP contribution < -0.4 is 4.90 Å². The molecule has 0 saturated heterocycles. The number of hydrogen-bond acceptors (Lipinski definition) is 2. The molecule has 0 unspecified atom stereocenters. The van der Waals surface area contributed by atoms with E-state index in [2.05, 4.69) is 4.90 Å². The van der Waals surface area contributed by atoms with Crippen LogP contribution >= 0.6 is 34.8 Å². The molecule has 0 amide bonds. The summed E-state index contributed by atoms with van der Waals surface area (Å²) in [6.45, 7) is 1.50. The Labute approximate surface area is 116 Å². The summed E-state index contributed by atoms with van der Waals surface area (Å²) < 4.78 is 0. The van der Waals surface area contributed by atoms with Gasteiger partial charge in [-0.1, -0.05) is 12.1 Å². The van der Waals surface area contributed by atoms with Gasteiger partial charge in [0.25, 0.3) is 0 Å². The molecule has 2 nitrogen and oxygen atoms in total. The highest BCUT2D eigenvalue weighted by Crippen LogP contribution is 2.16. The number of alkyl halides is 2. The van der Waals surface area contributed by atoms with Gasteiger partial charge in [0.05, 0.1) is 0 Å². The molecule has 1 aromatic carbocycles. The van der Waals surface area contributed by atoms with Crippen LogP contribution in [0.5, 0.6) is 0 Å². The van der Waals surface area contributed by atoms with Gasteiger partial charge in [-0.2, -0.15) is 0 Å². The quantitative estimate of drug-likeness (QED) is 0.568. The van der Waals surface area contributed by atoms with E-state index in [-0.39, 0.29) is 11.7 Å². The van der Waals surface area contributed by atoms with Crippen LogP contribution in [0, 0.1) is 0 Å². The van der Waals surface area contributed by atoms with Crippen molar-refractivity contribution in [3.05, 3.63) is 29.8 Å². The number of carbonyl (C=O) groups is 1. The molecule has 94 valence electrons. The average molecular weight is 295 g/mol. The summed E-state index contributed by atoms with van der Waals surface area (Å²) in [6, 6.07) is 7.69. The number of carbonyl (C=O) groups excluding carboxylic acids is 1. The first-order chi connectivity index (χ1) is 8.17. The first kappa shape index (κ1) is 14.6. The van der Waals surface area contributed by atoms with Crippen molar-refractivity contribution in [2.45, 2.75) is 6.42 Å². The molecule has 17 heavy (non-hydrogen) atoms. The van der Waals surface area contributed by atoms with Crippen LogP contribution in [0.15, 0.2) is 24.3 Å². The molecule has 0 aliphatic heterocycles. The van der Waals surface area contributed by atoms with Crippen molar-refractivity contribution in [1.29, 1.82) is 0 Å². The van der Waals surface area contributed by atoms with Crippen molar-refractivity contribution in [3.8, 4) is 0 Å². The van der Waals surface area contributed by atoms with E-state index in [1.54, 1.807) is 0 Å². The van der Waals surface area contributed by atoms with Gasteiger partial charge >= 0.3 is 0 Å². The van der Waals surface area contributed by atoms with Crippen LogP contribution in [0.1, 0.15) is 5.56 Å². The van der Waals surface area contributed by atoms with Crippen LogP contribution in [0.3, 0.4) is 0 Å². The maximum atomic E-state index is 10.8. The molecule has 0 bridgehead atoms. The molecule has 0 saturated carbocycles. The van der Waals surface area contributed by atoms with Crippen molar-refractivity contribution in [3.63, 3.8) is 0 Å². The molecule has 1 aromatic rings. The fourth-order valence-electron chi connectivity index (χ4n) is 1.56. The average Bonchev–Trinajstić information content (AvgIpc) is 2.29. The molecule has 0 aliphatic carbocycles. The van der Waals surface area contributed by atoms with Gasteiger partial charge < -0.3 is 4.90 Å². The summed E-state index contributed by atoms with van der Waals surface area (Å²) >= 11 is 16.8. The third kappa shape index (κ3) is 5.15. The van der Waals surface area contributed by atoms with Gasteiger partial charge in [0.1, 0.15) is 0 Å². The second kappa shape index (κ2) is 7.80. The van der Waals surface area contributed by atoms with Crippen molar-refractivity contribution in [2.75, 3.05) is 29.7 Å². The first-order valence-electron chi connectivity index (χ1n) is 5.31. The number of anilines is 1. The topological polar surface area (TPSA) is 20.3 Å². The van der Waals surface area contributed by atoms with Crippen LogP contribution in [0.25, 0.3) is 0 Å². The first-order valence-corrected chi connectivity index (χ1v) is 6.76. The van der Waals surface area contributed by atoms with E-state index in [0.29, 0.717) is 11.8 Å². The lowest BCUT2D eigenvalue weighted by atomic mass is 10.1. The van der Waals surface area contributed by atoms with Gasteiger partial charge in [-0.05, 0) is 29.3 Å². The maximum absolute atomic E-state index is 10.8. The number of hydrogen-bond donors (Lipinski definition) is 0. The molecule has 0 radical (unpaired) electrons. The number of nitrogens with zero attached hydrogens (tertiary/aromatic N) is 1. The Hall–Kier alpha value is -0.440. The highest BCUT2D eigenvalue weighted by Gasteiger charge is 2.06. The van der Waals surface area contributed by atoms with E-state index in [0.717, 1.165) is 24.3 Å². The third-order valence-electron chi connectivity index (χ3n) is 2.35. The highest BCUT2D eigenvalue weighted by molar-refractivity contribution is 6.63. The zero-order valence-corrected chi connectivity index (χ0v) is 11.6. The van der Waals surface area contributed by atoms with Crippen molar-refractivity contribution in [2.24, 2.45) is 0 Å². The minimum absolute atomic E-state index is 0.257. The molecule has 0 spiro atoms. The van der Waals surface area contributed by atoms with Crippen molar-refractivity contribution >= 4 is 45.7 Å². The van der Waals surface area contributed by atoms with Crippen LogP contribution in [0.2, 0.25) is 0 Å². The fraction of sp³-hybridized carbons (Fsp3) is 0.417.